The number of nitrogens with one attached hydrogen (secondary N) is 1. The molecule has 1 unspecified atom stereocenters. The highest BCUT2D eigenvalue weighted by Gasteiger charge is 2.22. The zero-order chi connectivity index (χ0) is 14.8. The summed E-state index contributed by atoms with van der Waals surface area (Å²) in [5, 5.41) is 3.45. The average molecular weight is 289 g/mol. The first-order chi connectivity index (χ1) is 10.1. The molecule has 1 aromatic carbocycles. The van der Waals surface area contributed by atoms with Crippen molar-refractivity contribution in [2.75, 3.05) is 13.1 Å². The standard InChI is InChI=1S/C17H24FN3/c1-12(2)7-9-21-16-6-5-14(18)10-15(16)20-17(21)13-4-3-8-19-11-13/h5-6,10,12-13,19H,3-4,7-9,11H2,1-2H3. The van der Waals surface area contributed by atoms with Crippen LogP contribution in [0.1, 0.15) is 44.9 Å². The minimum atomic E-state index is -0.204. The van der Waals surface area contributed by atoms with Gasteiger partial charge in [-0.15, -0.1) is 0 Å². The van der Waals surface area contributed by atoms with Crippen LogP contribution in [0.2, 0.25) is 0 Å². The lowest BCUT2D eigenvalue weighted by atomic mass is 9.98. The number of aromatic nitrogens is 2. The molecule has 0 radical (unpaired) electrons. The van der Waals surface area contributed by atoms with Crippen LogP contribution < -0.4 is 5.32 Å². The third kappa shape index (κ3) is 3.10. The molecule has 2 heterocycles. The van der Waals surface area contributed by atoms with E-state index in [2.05, 4.69) is 23.7 Å². The first-order valence-corrected chi connectivity index (χ1v) is 8.01. The van der Waals surface area contributed by atoms with Gasteiger partial charge in [-0.3, -0.25) is 0 Å². The van der Waals surface area contributed by atoms with Gasteiger partial charge in [-0.05, 0) is 43.9 Å². The maximum absolute atomic E-state index is 13.5. The molecule has 4 heteroatoms. The summed E-state index contributed by atoms with van der Waals surface area (Å²) < 4.78 is 15.8. The van der Waals surface area contributed by atoms with Crippen LogP contribution in [0.15, 0.2) is 18.2 Å². The first kappa shape index (κ1) is 14.5. The van der Waals surface area contributed by atoms with Crippen LogP contribution in [-0.2, 0) is 6.54 Å². The van der Waals surface area contributed by atoms with Gasteiger partial charge < -0.3 is 9.88 Å². The molecular formula is C17H24FN3. The van der Waals surface area contributed by atoms with E-state index in [1.165, 1.54) is 12.8 Å². The van der Waals surface area contributed by atoms with E-state index in [0.717, 1.165) is 42.9 Å². The topological polar surface area (TPSA) is 29.9 Å². The Morgan fingerprint density at radius 1 is 1.43 bits per heavy atom. The molecule has 0 amide bonds. The highest BCUT2D eigenvalue weighted by Crippen LogP contribution is 2.27. The third-order valence-corrected chi connectivity index (χ3v) is 4.33. The van der Waals surface area contributed by atoms with E-state index in [1.807, 2.05) is 6.07 Å². The van der Waals surface area contributed by atoms with Crippen LogP contribution >= 0.6 is 0 Å². The first-order valence-electron chi connectivity index (χ1n) is 8.01. The van der Waals surface area contributed by atoms with Gasteiger partial charge in [-0.2, -0.15) is 0 Å². The molecule has 21 heavy (non-hydrogen) atoms. The summed E-state index contributed by atoms with van der Waals surface area (Å²) in [6.45, 7) is 7.51. The number of piperidine rings is 1. The molecule has 1 aliphatic rings. The van der Waals surface area contributed by atoms with Crippen molar-refractivity contribution in [3.63, 3.8) is 0 Å². The molecule has 1 atom stereocenters. The summed E-state index contributed by atoms with van der Waals surface area (Å²) in [4.78, 5) is 4.76. The van der Waals surface area contributed by atoms with E-state index >= 15 is 0 Å². The molecule has 0 bridgehead atoms. The fourth-order valence-corrected chi connectivity index (χ4v) is 3.13. The van der Waals surface area contributed by atoms with E-state index in [-0.39, 0.29) is 5.82 Å². The van der Waals surface area contributed by atoms with Gasteiger partial charge in [0, 0.05) is 25.1 Å². The molecule has 1 aliphatic heterocycles. The van der Waals surface area contributed by atoms with Crippen LogP contribution in [0, 0.1) is 11.7 Å². The van der Waals surface area contributed by atoms with E-state index < -0.39 is 0 Å². The Morgan fingerprint density at radius 3 is 3.00 bits per heavy atom. The number of benzene rings is 1. The number of rotatable bonds is 4. The summed E-state index contributed by atoms with van der Waals surface area (Å²) in [6, 6.07) is 4.97. The van der Waals surface area contributed by atoms with Gasteiger partial charge in [-0.1, -0.05) is 13.8 Å². The van der Waals surface area contributed by atoms with Crippen molar-refractivity contribution in [3.05, 3.63) is 29.8 Å². The lowest BCUT2D eigenvalue weighted by molar-refractivity contribution is 0.424. The van der Waals surface area contributed by atoms with Crippen LogP contribution in [0.5, 0.6) is 0 Å². The second-order valence-electron chi connectivity index (χ2n) is 6.48. The maximum Gasteiger partial charge on any atom is 0.125 e. The van der Waals surface area contributed by atoms with E-state index in [0.29, 0.717) is 11.8 Å². The number of fused-ring (bicyclic) bond motifs is 1. The Balaban J connectivity index is 2.00. The number of aryl methyl sites for hydroxylation is 1. The molecule has 0 spiro atoms. The smallest absolute Gasteiger partial charge is 0.125 e. The van der Waals surface area contributed by atoms with Crippen LogP contribution in [0.4, 0.5) is 4.39 Å². The van der Waals surface area contributed by atoms with Crippen molar-refractivity contribution in [3.8, 4) is 0 Å². The maximum atomic E-state index is 13.5. The Kier molecular flexibility index (Phi) is 4.24. The van der Waals surface area contributed by atoms with Crippen molar-refractivity contribution in [2.24, 2.45) is 5.92 Å². The largest absolute Gasteiger partial charge is 0.328 e. The number of imidazole rings is 1. The Hall–Kier alpha value is -1.42. The summed E-state index contributed by atoms with van der Waals surface area (Å²) in [7, 11) is 0. The zero-order valence-corrected chi connectivity index (χ0v) is 12.9. The highest BCUT2D eigenvalue weighted by molar-refractivity contribution is 5.76. The summed E-state index contributed by atoms with van der Waals surface area (Å²) in [5.41, 5.74) is 1.86. The fraction of sp³-hybridized carbons (Fsp3) is 0.588. The number of halogens is 1. The Morgan fingerprint density at radius 2 is 2.29 bits per heavy atom. The molecule has 0 saturated carbocycles. The number of nitrogens with zero attached hydrogens (tertiary/aromatic N) is 2. The SMILES string of the molecule is CC(C)CCn1c(C2CCCNC2)nc2cc(F)ccc21. The summed E-state index contributed by atoms with van der Waals surface area (Å²) >= 11 is 0. The third-order valence-electron chi connectivity index (χ3n) is 4.33. The van der Waals surface area contributed by atoms with Gasteiger partial charge in [0.05, 0.1) is 11.0 Å². The fourth-order valence-electron chi connectivity index (χ4n) is 3.13. The second kappa shape index (κ2) is 6.14. The Bertz CT molecular complexity index is 612. The number of hydrogen-bond acceptors (Lipinski definition) is 2. The van der Waals surface area contributed by atoms with Crippen LogP contribution in [-0.4, -0.2) is 22.6 Å². The summed E-state index contributed by atoms with van der Waals surface area (Å²) in [6.07, 6.45) is 3.48. The van der Waals surface area contributed by atoms with Gasteiger partial charge >= 0.3 is 0 Å². The quantitative estimate of drug-likeness (QED) is 0.930. The summed E-state index contributed by atoms with van der Waals surface area (Å²) in [5.74, 6) is 2.02. The predicted octanol–water partition coefficient (Wildman–Crippen LogP) is 3.69. The Labute approximate surface area is 125 Å². The molecule has 0 aliphatic carbocycles. The predicted molar refractivity (Wildman–Crippen MR) is 84.0 cm³/mol. The molecule has 3 nitrogen and oxygen atoms in total. The van der Waals surface area contributed by atoms with Crippen molar-refractivity contribution < 1.29 is 4.39 Å². The monoisotopic (exact) mass is 289 g/mol. The van der Waals surface area contributed by atoms with Gasteiger partial charge in [0.25, 0.3) is 0 Å². The van der Waals surface area contributed by atoms with Gasteiger partial charge in [0.1, 0.15) is 11.6 Å². The molecule has 2 aromatic rings. The molecule has 3 rings (SSSR count). The lowest BCUT2D eigenvalue weighted by Crippen LogP contribution is -2.30. The van der Waals surface area contributed by atoms with E-state index in [1.54, 1.807) is 12.1 Å². The van der Waals surface area contributed by atoms with Crippen molar-refractivity contribution >= 4 is 11.0 Å². The normalized spacial score (nSPS) is 19.5. The number of hydrogen-bond donors (Lipinski definition) is 1. The molecule has 114 valence electrons. The van der Waals surface area contributed by atoms with Crippen molar-refractivity contribution in [1.29, 1.82) is 0 Å². The highest BCUT2D eigenvalue weighted by atomic mass is 19.1. The van der Waals surface area contributed by atoms with Crippen LogP contribution in [0.3, 0.4) is 0 Å². The minimum Gasteiger partial charge on any atom is -0.328 e. The molecular weight excluding hydrogens is 265 g/mol. The zero-order valence-electron chi connectivity index (χ0n) is 12.9. The lowest BCUT2D eigenvalue weighted by Gasteiger charge is -2.23. The van der Waals surface area contributed by atoms with Gasteiger partial charge in [0.15, 0.2) is 0 Å². The minimum absolute atomic E-state index is 0.204. The van der Waals surface area contributed by atoms with E-state index in [9.17, 15) is 4.39 Å². The van der Waals surface area contributed by atoms with Gasteiger partial charge in [0.2, 0.25) is 0 Å². The molecule has 1 fully saturated rings. The molecule has 1 saturated heterocycles. The molecule has 1 aromatic heterocycles. The molecule has 1 N–H and O–H groups in total. The van der Waals surface area contributed by atoms with Crippen molar-refractivity contribution in [1.82, 2.24) is 14.9 Å². The van der Waals surface area contributed by atoms with E-state index in [4.69, 9.17) is 4.98 Å². The van der Waals surface area contributed by atoms with Crippen LogP contribution in [0.25, 0.3) is 11.0 Å². The second-order valence-corrected chi connectivity index (χ2v) is 6.48. The van der Waals surface area contributed by atoms with Gasteiger partial charge in [-0.25, -0.2) is 9.37 Å². The van der Waals surface area contributed by atoms with Crippen molar-refractivity contribution in [2.45, 2.75) is 45.6 Å². The average Bonchev–Trinajstić information content (AvgIpc) is 2.83.